The zero-order valence-corrected chi connectivity index (χ0v) is 11.5. The number of rotatable bonds is 2. The van der Waals surface area contributed by atoms with Crippen molar-refractivity contribution in [2.24, 2.45) is 0 Å². The van der Waals surface area contributed by atoms with Gasteiger partial charge in [0, 0.05) is 24.8 Å². The van der Waals surface area contributed by atoms with Crippen molar-refractivity contribution in [2.75, 3.05) is 0 Å². The van der Waals surface area contributed by atoms with E-state index in [2.05, 4.69) is 9.97 Å². The smallest absolute Gasteiger partial charge is 0.324 e. The molecule has 8 heteroatoms. The van der Waals surface area contributed by atoms with Crippen LogP contribution in [0.25, 0.3) is 5.78 Å². The summed E-state index contributed by atoms with van der Waals surface area (Å²) in [6.07, 6.45) is 5.86. The van der Waals surface area contributed by atoms with Crippen LogP contribution in [0.15, 0.2) is 49.1 Å². The SMILES string of the molecule is O=C(ON1C(=O)c2ccccc2C1=O)c1cnc2nccn2c1. The molecule has 0 spiro atoms. The molecule has 0 bridgehead atoms. The lowest BCUT2D eigenvalue weighted by Crippen LogP contribution is -2.32. The van der Waals surface area contributed by atoms with Gasteiger partial charge in [0.15, 0.2) is 0 Å². The van der Waals surface area contributed by atoms with Crippen molar-refractivity contribution in [3.05, 3.63) is 65.7 Å². The largest absolute Gasteiger partial charge is 0.367 e. The molecular weight excluding hydrogens is 300 g/mol. The molecule has 0 fully saturated rings. The van der Waals surface area contributed by atoms with Gasteiger partial charge in [-0.25, -0.2) is 14.8 Å². The summed E-state index contributed by atoms with van der Waals surface area (Å²) < 4.78 is 1.53. The number of hydrogen-bond acceptors (Lipinski definition) is 6. The maximum Gasteiger partial charge on any atom is 0.367 e. The topological polar surface area (TPSA) is 93.9 Å². The maximum absolute atomic E-state index is 12.2. The van der Waals surface area contributed by atoms with E-state index in [0.717, 1.165) is 0 Å². The highest BCUT2D eigenvalue weighted by Crippen LogP contribution is 2.23. The van der Waals surface area contributed by atoms with Crippen molar-refractivity contribution in [3.63, 3.8) is 0 Å². The minimum atomic E-state index is -0.859. The molecule has 2 amide bonds. The van der Waals surface area contributed by atoms with Gasteiger partial charge < -0.3 is 4.84 Å². The maximum atomic E-state index is 12.2. The van der Waals surface area contributed by atoms with Crippen LogP contribution in [0.5, 0.6) is 0 Å². The average Bonchev–Trinajstić information content (AvgIpc) is 3.13. The third kappa shape index (κ3) is 1.96. The summed E-state index contributed by atoms with van der Waals surface area (Å²) in [5, 5.41) is 0.463. The molecule has 4 rings (SSSR count). The molecule has 23 heavy (non-hydrogen) atoms. The van der Waals surface area contributed by atoms with Gasteiger partial charge in [-0.3, -0.25) is 14.0 Å². The Labute approximate surface area is 128 Å². The Bertz CT molecular complexity index is 943. The first kappa shape index (κ1) is 13.1. The van der Waals surface area contributed by atoms with Crippen molar-refractivity contribution in [1.82, 2.24) is 19.4 Å². The van der Waals surface area contributed by atoms with Gasteiger partial charge in [0.1, 0.15) is 0 Å². The predicted octanol–water partition coefficient (Wildman–Crippen LogP) is 1.10. The van der Waals surface area contributed by atoms with Crippen molar-refractivity contribution < 1.29 is 19.2 Å². The zero-order chi connectivity index (χ0) is 16.0. The molecular formula is C15H8N4O4. The van der Waals surface area contributed by atoms with E-state index >= 15 is 0 Å². The molecule has 0 unspecified atom stereocenters. The number of aromatic nitrogens is 3. The summed E-state index contributed by atoms with van der Waals surface area (Å²) >= 11 is 0. The third-order valence-electron chi connectivity index (χ3n) is 3.41. The van der Waals surface area contributed by atoms with Gasteiger partial charge >= 0.3 is 5.97 Å². The zero-order valence-electron chi connectivity index (χ0n) is 11.5. The minimum Gasteiger partial charge on any atom is -0.324 e. The molecule has 2 aromatic heterocycles. The Hall–Kier alpha value is -3.55. The number of nitrogens with zero attached hydrogens (tertiary/aromatic N) is 4. The third-order valence-corrected chi connectivity index (χ3v) is 3.41. The van der Waals surface area contributed by atoms with Crippen molar-refractivity contribution in [3.8, 4) is 0 Å². The summed E-state index contributed by atoms with van der Waals surface area (Å²) in [7, 11) is 0. The van der Waals surface area contributed by atoms with Gasteiger partial charge in [0.25, 0.3) is 11.8 Å². The first-order valence-corrected chi connectivity index (χ1v) is 6.64. The number of imidazole rings is 1. The summed E-state index contributed by atoms with van der Waals surface area (Å²) in [4.78, 5) is 49.3. The van der Waals surface area contributed by atoms with Crippen LogP contribution in [0.4, 0.5) is 0 Å². The molecule has 0 saturated heterocycles. The monoisotopic (exact) mass is 308 g/mol. The first-order chi connectivity index (χ1) is 11.1. The highest BCUT2D eigenvalue weighted by atomic mass is 16.7. The van der Waals surface area contributed by atoms with E-state index in [1.54, 1.807) is 18.3 Å². The Kier molecular flexibility index (Phi) is 2.70. The highest BCUT2D eigenvalue weighted by molar-refractivity contribution is 6.21. The van der Waals surface area contributed by atoms with Crippen molar-refractivity contribution in [2.45, 2.75) is 0 Å². The summed E-state index contributed by atoms with van der Waals surface area (Å²) in [6.45, 7) is 0. The van der Waals surface area contributed by atoms with Crippen molar-refractivity contribution >= 4 is 23.6 Å². The van der Waals surface area contributed by atoms with Crippen LogP contribution in [0.2, 0.25) is 0 Å². The summed E-state index contributed by atoms with van der Waals surface area (Å²) in [6, 6.07) is 6.27. The number of imide groups is 1. The lowest BCUT2D eigenvalue weighted by atomic mass is 10.1. The van der Waals surface area contributed by atoms with E-state index in [0.29, 0.717) is 10.8 Å². The highest BCUT2D eigenvalue weighted by Gasteiger charge is 2.38. The normalized spacial score (nSPS) is 13.5. The van der Waals surface area contributed by atoms with Gasteiger partial charge in [0.2, 0.25) is 5.78 Å². The number of amides is 2. The van der Waals surface area contributed by atoms with E-state index in [1.807, 2.05) is 0 Å². The van der Waals surface area contributed by atoms with Crippen LogP contribution in [-0.4, -0.2) is 37.2 Å². The van der Waals surface area contributed by atoms with Crippen molar-refractivity contribution in [1.29, 1.82) is 0 Å². The second-order valence-corrected chi connectivity index (χ2v) is 4.81. The molecule has 0 aliphatic carbocycles. The van der Waals surface area contributed by atoms with Gasteiger partial charge in [-0.1, -0.05) is 17.2 Å². The number of benzene rings is 1. The number of carbonyl (C=O) groups excluding carboxylic acids is 3. The van der Waals surface area contributed by atoms with Crippen LogP contribution in [0.1, 0.15) is 31.1 Å². The Morgan fingerprint density at radius 1 is 1.04 bits per heavy atom. The fourth-order valence-electron chi connectivity index (χ4n) is 2.31. The second-order valence-electron chi connectivity index (χ2n) is 4.81. The predicted molar refractivity (Wildman–Crippen MR) is 75.3 cm³/mol. The molecule has 0 atom stereocenters. The molecule has 1 aliphatic heterocycles. The number of hydrogen-bond donors (Lipinski definition) is 0. The van der Waals surface area contributed by atoms with Gasteiger partial charge in [-0.2, -0.15) is 0 Å². The molecule has 0 N–H and O–H groups in total. The molecule has 1 aromatic carbocycles. The molecule has 0 radical (unpaired) electrons. The van der Waals surface area contributed by atoms with E-state index in [-0.39, 0.29) is 16.7 Å². The Morgan fingerprint density at radius 3 is 2.43 bits per heavy atom. The van der Waals surface area contributed by atoms with E-state index in [4.69, 9.17) is 4.84 Å². The lowest BCUT2D eigenvalue weighted by Gasteiger charge is -2.12. The average molecular weight is 308 g/mol. The van der Waals surface area contributed by atoms with E-state index in [1.165, 1.54) is 35.1 Å². The van der Waals surface area contributed by atoms with Gasteiger partial charge in [0.05, 0.1) is 16.7 Å². The van der Waals surface area contributed by atoms with Crippen LogP contribution in [0, 0.1) is 0 Å². The van der Waals surface area contributed by atoms with Crippen LogP contribution < -0.4 is 0 Å². The summed E-state index contributed by atoms with van der Waals surface area (Å²) in [5.41, 5.74) is 0.494. The Balaban J connectivity index is 1.62. The fraction of sp³-hybridized carbons (Fsp3) is 0. The Morgan fingerprint density at radius 2 is 1.74 bits per heavy atom. The van der Waals surface area contributed by atoms with Crippen LogP contribution in [0.3, 0.4) is 0 Å². The van der Waals surface area contributed by atoms with E-state index < -0.39 is 17.8 Å². The molecule has 8 nitrogen and oxygen atoms in total. The number of fused-ring (bicyclic) bond motifs is 2. The second kappa shape index (κ2) is 4.73. The molecule has 0 saturated carbocycles. The minimum absolute atomic E-state index is 0.0899. The van der Waals surface area contributed by atoms with Gasteiger partial charge in [-0.05, 0) is 12.1 Å². The van der Waals surface area contributed by atoms with Crippen LogP contribution >= 0.6 is 0 Å². The van der Waals surface area contributed by atoms with Crippen LogP contribution in [-0.2, 0) is 4.84 Å². The fourth-order valence-corrected chi connectivity index (χ4v) is 2.31. The lowest BCUT2D eigenvalue weighted by molar-refractivity contribution is -0.0585. The van der Waals surface area contributed by atoms with Gasteiger partial charge in [-0.15, -0.1) is 0 Å². The molecule has 3 heterocycles. The number of hydroxylamine groups is 2. The first-order valence-electron chi connectivity index (χ1n) is 6.64. The van der Waals surface area contributed by atoms with E-state index in [9.17, 15) is 14.4 Å². The number of carbonyl (C=O) groups is 3. The quantitative estimate of drug-likeness (QED) is 0.658. The standard InChI is InChI=1S/C15H8N4O4/c20-12-10-3-1-2-4-11(10)13(21)19(12)23-14(22)9-7-17-15-16-5-6-18(15)8-9/h1-8H. The molecule has 1 aliphatic rings. The molecule has 3 aromatic rings. The summed E-state index contributed by atoms with van der Waals surface area (Å²) in [5.74, 6) is -1.78. The molecule has 112 valence electrons.